The predicted molar refractivity (Wildman–Crippen MR) is 112 cm³/mol. The molecule has 1 aliphatic heterocycles. The van der Waals surface area contributed by atoms with Crippen LogP contribution in [0.1, 0.15) is 16.1 Å². The highest BCUT2D eigenvalue weighted by Crippen LogP contribution is 2.36. The minimum atomic E-state index is -0.256. The number of hydrogen-bond acceptors (Lipinski definition) is 7. The van der Waals surface area contributed by atoms with Crippen LogP contribution in [0.4, 0.5) is 5.13 Å². The van der Waals surface area contributed by atoms with E-state index in [1.807, 2.05) is 19.1 Å². The molecule has 0 saturated carbocycles. The molecule has 7 nitrogen and oxygen atoms in total. The fourth-order valence-corrected chi connectivity index (χ4v) is 4.36. The number of hydrogen-bond donors (Lipinski definition) is 0. The van der Waals surface area contributed by atoms with Crippen LogP contribution in [0, 0.1) is 6.92 Å². The standard InChI is InChI=1S/C18H19ClN4O3S.ClH/c1-12-2-3-13(19)16-15(12)21-18(27-16)23(17(24)14-4-5-20-26-14)7-6-22-8-10-25-11-9-22;/h2-5H,6-11H2,1H3;1H. The summed E-state index contributed by atoms with van der Waals surface area (Å²) in [5.41, 5.74) is 1.85. The first kappa shape index (κ1) is 21.0. The van der Waals surface area contributed by atoms with Gasteiger partial charge in [0.15, 0.2) is 5.13 Å². The van der Waals surface area contributed by atoms with Crippen molar-refractivity contribution in [3.8, 4) is 0 Å². The normalized spacial score (nSPS) is 14.8. The van der Waals surface area contributed by atoms with Crippen molar-refractivity contribution in [3.05, 3.63) is 40.7 Å². The molecular weight excluding hydrogens is 423 g/mol. The van der Waals surface area contributed by atoms with Crippen molar-refractivity contribution in [1.82, 2.24) is 15.0 Å². The summed E-state index contributed by atoms with van der Waals surface area (Å²) in [6.07, 6.45) is 1.47. The van der Waals surface area contributed by atoms with E-state index in [9.17, 15) is 4.79 Å². The van der Waals surface area contributed by atoms with Crippen LogP contribution in [0.3, 0.4) is 0 Å². The van der Waals surface area contributed by atoms with E-state index in [4.69, 9.17) is 25.8 Å². The lowest BCUT2D eigenvalue weighted by Crippen LogP contribution is -2.43. The average molecular weight is 443 g/mol. The topological polar surface area (TPSA) is 71.7 Å². The van der Waals surface area contributed by atoms with Gasteiger partial charge in [0.05, 0.1) is 34.6 Å². The Hall–Kier alpha value is -1.71. The van der Waals surface area contributed by atoms with Gasteiger partial charge in [-0.25, -0.2) is 4.98 Å². The molecule has 0 N–H and O–H groups in total. The molecule has 1 amide bonds. The number of carbonyl (C=O) groups excluding carboxylic acids is 1. The highest BCUT2D eigenvalue weighted by Gasteiger charge is 2.25. The van der Waals surface area contributed by atoms with E-state index in [1.54, 1.807) is 11.0 Å². The van der Waals surface area contributed by atoms with Crippen LogP contribution >= 0.6 is 35.3 Å². The van der Waals surface area contributed by atoms with Crippen molar-refractivity contribution in [2.24, 2.45) is 0 Å². The third kappa shape index (κ3) is 4.31. The van der Waals surface area contributed by atoms with Crippen LogP contribution in [-0.2, 0) is 4.74 Å². The quantitative estimate of drug-likeness (QED) is 0.600. The first-order valence-electron chi connectivity index (χ1n) is 8.72. The van der Waals surface area contributed by atoms with Gasteiger partial charge in [0.2, 0.25) is 5.76 Å². The molecule has 4 rings (SSSR count). The van der Waals surface area contributed by atoms with E-state index < -0.39 is 0 Å². The van der Waals surface area contributed by atoms with E-state index >= 15 is 0 Å². The average Bonchev–Trinajstić information content (AvgIpc) is 3.36. The Morgan fingerprint density at radius 3 is 2.79 bits per heavy atom. The van der Waals surface area contributed by atoms with Crippen LogP contribution in [-0.4, -0.2) is 60.3 Å². The van der Waals surface area contributed by atoms with Crippen LogP contribution in [0.25, 0.3) is 10.2 Å². The molecule has 0 unspecified atom stereocenters. The highest BCUT2D eigenvalue weighted by atomic mass is 35.5. The van der Waals surface area contributed by atoms with Gasteiger partial charge in [0, 0.05) is 32.2 Å². The Morgan fingerprint density at radius 2 is 2.11 bits per heavy atom. The summed E-state index contributed by atoms with van der Waals surface area (Å²) in [6, 6.07) is 5.36. The lowest BCUT2D eigenvalue weighted by atomic mass is 10.2. The van der Waals surface area contributed by atoms with Gasteiger partial charge in [-0.1, -0.05) is 34.2 Å². The Morgan fingerprint density at radius 1 is 1.32 bits per heavy atom. The Labute approximate surface area is 177 Å². The molecule has 3 aromatic rings. The monoisotopic (exact) mass is 442 g/mol. The summed E-state index contributed by atoms with van der Waals surface area (Å²) in [5.74, 6) is -0.0624. The van der Waals surface area contributed by atoms with Gasteiger partial charge in [-0.05, 0) is 18.6 Å². The molecule has 0 atom stereocenters. The number of amides is 1. The van der Waals surface area contributed by atoms with Crippen molar-refractivity contribution in [3.63, 3.8) is 0 Å². The van der Waals surface area contributed by atoms with E-state index in [0.29, 0.717) is 29.9 Å². The summed E-state index contributed by atoms with van der Waals surface area (Å²) < 4.78 is 11.4. The van der Waals surface area contributed by atoms with Crippen LogP contribution in [0.5, 0.6) is 0 Å². The lowest BCUT2D eigenvalue weighted by molar-refractivity contribution is 0.0390. The molecule has 150 valence electrons. The number of thiazole rings is 1. The van der Waals surface area contributed by atoms with Gasteiger partial charge in [0.1, 0.15) is 0 Å². The number of aromatic nitrogens is 2. The number of fused-ring (bicyclic) bond motifs is 1. The maximum absolute atomic E-state index is 13.0. The smallest absolute Gasteiger partial charge is 0.298 e. The van der Waals surface area contributed by atoms with Gasteiger partial charge in [-0.2, -0.15) is 0 Å². The van der Waals surface area contributed by atoms with Crippen molar-refractivity contribution < 1.29 is 14.1 Å². The van der Waals surface area contributed by atoms with Crippen molar-refractivity contribution in [1.29, 1.82) is 0 Å². The molecular formula is C18H20Cl2N4O3S. The van der Waals surface area contributed by atoms with Crippen LogP contribution < -0.4 is 4.90 Å². The molecule has 3 heterocycles. The summed E-state index contributed by atoms with van der Waals surface area (Å²) in [7, 11) is 0. The maximum atomic E-state index is 13.0. The first-order valence-corrected chi connectivity index (χ1v) is 9.91. The van der Waals surface area contributed by atoms with E-state index in [1.165, 1.54) is 17.5 Å². The number of morpholine rings is 1. The Kier molecular flexibility index (Phi) is 6.90. The molecule has 1 fully saturated rings. The second-order valence-corrected chi connectivity index (χ2v) is 7.71. The number of aryl methyl sites for hydroxylation is 1. The molecule has 1 aromatic carbocycles. The molecule has 10 heteroatoms. The molecule has 0 aliphatic carbocycles. The molecule has 2 aromatic heterocycles. The number of benzene rings is 1. The van der Waals surface area contributed by atoms with E-state index in [0.717, 1.165) is 35.4 Å². The number of carbonyl (C=O) groups is 1. The zero-order valence-corrected chi connectivity index (χ0v) is 17.6. The largest absolute Gasteiger partial charge is 0.379 e. The minimum absolute atomic E-state index is 0. The SMILES string of the molecule is Cc1ccc(Cl)c2sc(N(CCN3CCOCC3)C(=O)c3ccno3)nc12.Cl. The van der Waals surface area contributed by atoms with Crippen molar-refractivity contribution in [2.45, 2.75) is 6.92 Å². The van der Waals surface area contributed by atoms with Crippen LogP contribution in [0.2, 0.25) is 5.02 Å². The van der Waals surface area contributed by atoms with Crippen molar-refractivity contribution >= 4 is 56.6 Å². The van der Waals surface area contributed by atoms with Gasteiger partial charge in [-0.3, -0.25) is 14.6 Å². The van der Waals surface area contributed by atoms with Gasteiger partial charge in [0.25, 0.3) is 5.91 Å². The predicted octanol–water partition coefficient (Wildman–Crippen LogP) is 3.65. The second-order valence-electron chi connectivity index (χ2n) is 6.33. The maximum Gasteiger partial charge on any atom is 0.298 e. The van der Waals surface area contributed by atoms with Crippen molar-refractivity contribution in [2.75, 3.05) is 44.3 Å². The third-order valence-electron chi connectivity index (χ3n) is 4.55. The zero-order valence-electron chi connectivity index (χ0n) is 15.3. The number of nitrogens with zero attached hydrogens (tertiary/aromatic N) is 4. The zero-order chi connectivity index (χ0) is 18.8. The molecule has 1 saturated heterocycles. The third-order valence-corrected chi connectivity index (χ3v) is 6.09. The summed E-state index contributed by atoms with van der Waals surface area (Å²) >= 11 is 7.76. The summed E-state index contributed by atoms with van der Waals surface area (Å²) in [6.45, 7) is 6.35. The number of anilines is 1. The van der Waals surface area contributed by atoms with Gasteiger partial charge < -0.3 is 9.26 Å². The molecule has 0 bridgehead atoms. The molecule has 0 radical (unpaired) electrons. The second kappa shape index (κ2) is 9.19. The number of ether oxygens (including phenoxy) is 1. The first-order chi connectivity index (χ1) is 13.1. The van der Waals surface area contributed by atoms with Gasteiger partial charge >= 0.3 is 0 Å². The molecule has 1 aliphatic rings. The Balaban J connectivity index is 0.00000225. The lowest BCUT2D eigenvalue weighted by Gasteiger charge is -2.28. The minimum Gasteiger partial charge on any atom is -0.379 e. The van der Waals surface area contributed by atoms with Crippen LogP contribution in [0.15, 0.2) is 28.9 Å². The fraction of sp³-hybridized carbons (Fsp3) is 0.389. The van der Waals surface area contributed by atoms with E-state index in [2.05, 4.69) is 10.1 Å². The highest BCUT2D eigenvalue weighted by molar-refractivity contribution is 7.23. The molecule has 28 heavy (non-hydrogen) atoms. The summed E-state index contributed by atoms with van der Waals surface area (Å²) in [4.78, 5) is 21.6. The Bertz CT molecular complexity index is 903. The fourth-order valence-electron chi connectivity index (χ4n) is 3.02. The summed E-state index contributed by atoms with van der Waals surface area (Å²) in [5, 5.41) is 4.90. The van der Waals surface area contributed by atoms with E-state index in [-0.39, 0.29) is 24.1 Å². The molecule has 0 spiro atoms. The van der Waals surface area contributed by atoms with Gasteiger partial charge in [-0.15, -0.1) is 12.4 Å². The number of rotatable bonds is 5. The number of halogens is 2.